The van der Waals surface area contributed by atoms with Gasteiger partial charge in [-0.15, -0.1) is 0 Å². The molecule has 15 heavy (non-hydrogen) atoms. The Labute approximate surface area is 91.1 Å². The zero-order valence-corrected chi connectivity index (χ0v) is 8.85. The molecule has 0 bridgehead atoms. The van der Waals surface area contributed by atoms with Crippen LogP contribution < -0.4 is 5.43 Å². The van der Waals surface area contributed by atoms with Crippen LogP contribution in [0.5, 0.6) is 0 Å². The zero-order chi connectivity index (χ0) is 11.6. The van der Waals surface area contributed by atoms with Gasteiger partial charge in [-0.3, -0.25) is 4.79 Å². The number of aromatic nitrogens is 1. The standard InChI is InChI=1S/C8H6BrF2NO3/c9-1-3-2-12-5(7(10)11)4(6(3)13)8(14)15/h2,7H,1H2,(H,12,13)(H,14,15). The van der Waals surface area contributed by atoms with E-state index in [0.29, 0.717) is 0 Å². The molecule has 0 atom stereocenters. The summed E-state index contributed by atoms with van der Waals surface area (Å²) in [7, 11) is 0. The molecule has 2 N–H and O–H groups in total. The Hall–Kier alpha value is -1.24. The van der Waals surface area contributed by atoms with E-state index in [1.54, 1.807) is 0 Å². The van der Waals surface area contributed by atoms with E-state index in [2.05, 4.69) is 20.9 Å². The SMILES string of the molecule is O=C(O)c1c(C(F)F)[nH]cc(CBr)c1=O. The third-order valence-electron chi connectivity index (χ3n) is 1.77. The average Bonchev–Trinajstić information content (AvgIpc) is 2.16. The van der Waals surface area contributed by atoms with E-state index in [1.165, 1.54) is 0 Å². The number of pyridine rings is 1. The molecule has 1 heterocycles. The molecule has 1 rings (SSSR count). The minimum atomic E-state index is -3.02. The largest absolute Gasteiger partial charge is 0.477 e. The van der Waals surface area contributed by atoms with Crippen molar-refractivity contribution in [1.82, 2.24) is 4.98 Å². The fraction of sp³-hybridized carbons (Fsp3) is 0.250. The number of H-pyrrole nitrogens is 1. The molecule has 0 amide bonds. The highest BCUT2D eigenvalue weighted by Crippen LogP contribution is 2.19. The summed E-state index contributed by atoms with van der Waals surface area (Å²) in [6.45, 7) is 0. The first kappa shape index (κ1) is 11.8. The Morgan fingerprint density at radius 1 is 1.60 bits per heavy atom. The number of aromatic carboxylic acids is 1. The third kappa shape index (κ3) is 2.23. The van der Waals surface area contributed by atoms with E-state index >= 15 is 0 Å². The summed E-state index contributed by atoms with van der Waals surface area (Å²) in [6, 6.07) is 0. The smallest absolute Gasteiger partial charge is 0.341 e. The van der Waals surface area contributed by atoms with Crippen LogP contribution >= 0.6 is 15.9 Å². The van der Waals surface area contributed by atoms with Gasteiger partial charge in [0.2, 0.25) is 5.43 Å². The second kappa shape index (κ2) is 4.52. The van der Waals surface area contributed by atoms with Crippen LogP contribution in [0.15, 0.2) is 11.0 Å². The Bertz CT molecular complexity index is 444. The minimum absolute atomic E-state index is 0.0943. The lowest BCUT2D eigenvalue weighted by Gasteiger charge is -2.05. The van der Waals surface area contributed by atoms with E-state index in [4.69, 9.17) is 5.11 Å². The Morgan fingerprint density at radius 3 is 2.60 bits per heavy atom. The van der Waals surface area contributed by atoms with Gasteiger partial charge in [0.1, 0.15) is 11.3 Å². The molecule has 0 unspecified atom stereocenters. The first-order valence-corrected chi connectivity index (χ1v) is 4.93. The van der Waals surface area contributed by atoms with Crippen LogP contribution in [-0.4, -0.2) is 16.1 Å². The summed E-state index contributed by atoms with van der Waals surface area (Å²) in [5.74, 6) is -1.66. The fourth-order valence-corrected chi connectivity index (χ4v) is 1.49. The van der Waals surface area contributed by atoms with Crippen molar-refractivity contribution < 1.29 is 18.7 Å². The molecule has 1 aromatic rings. The number of aromatic amines is 1. The van der Waals surface area contributed by atoms with Crippen molar-refractivity contribution in [3.05, 3.63) is 33.2 Å². The van der Waals surface area contributed by atoms with Gasteiger partial charge in [0, 0.05) is 17.1 Å². The fourth-order valence-electron chi connectivity index (χ4n) is 1.07. The summed E-state index contributed by atoms with van der Waals surface area (Å²) in [5.41, 5.74) is -2.57. The van der Waals surface area contributed by atoms with Crippen molar-refractivity contribution >= 4 is 21.9 Å². The van der Waals surface area contributed by atoms with Gasteiger partial charge in [0.25, 0.3) is 6.43 Å². The zero-order valence-electron chi connectivity index (χ0n) is 7.26. The maximum atomic E-state index is 12.4. The van der Waals surface area contributed by atoms with Crippen LogP contribution in [-0.2, 0) is 5.33 Å². The number of nitrogens with one attached hydrogen (secondary N) is 1. The summed E-state index contributed by atoms with van der Waals surface area (Å²) in [4.78, 5) is 24.2. The molecule has 0 aliphatic carbocycles. The molecule has 0 fully saturated rings. The van der Waals surface area contributed by atoms with Gasteiger partial charge in [-0.2, -0.15) is 0 Å². The first-order chi connectivity index (χ1) is 6.99. The highest BCUT2D eigenvalue weighted by atomic mass is 79.9. The van der Waals surface area contributed by atoms with Gasteiger partial charge in [-0.25, -0.2) is 13.6 Å². The summed E-state index contributed by atoms with van der Waals surface area (Å²) in [5, 5.41) is 8.75. The predicted molar refractivity (Wildman–Crippen MR) is 51.6 cm³/mol. The van der Waals surface area contributed by atoms with E-state index in [-0.39, 0.29) is 10.9 Å². The summed E-state index contributed by atoms with van der Waals surface area (Å²) < 4.78 is 24.7. The van der Waals surface area contributed by atoms with Crippen molar-refractivity contribution in [2.75, 3.05) is 0 Å². The van der Waals surface area contributed by atoms with Gasteiger partial charge < -0.3 is 10.1 Å². The van der Waals surface area contributed by atoms with Crippen molar-refractivity contribution in [1.29, 1.82) is 0 Å². The van der Waals surface area contributed by atoms with Gasteiger partial charge in [0.05, 0.1) is 0 Å². The number of carboxylic acids is 1. The topological polar surface area (TPSA) is 70.2 Å². The number of hydrogen-bond donors (Lipinski definition) is 2. The van der Waals surface area contributed by atoms with Crippen LogP contribution in [0.3, 0.4) is 0 Å². The molecule has 0 spiro atoms. The molecule has 0 aliphatic rings. The maximum Gasteiger partial charge on any atom is 0.341 e. The molecule has 82 valence electrons. The lowest BCUT2D eigenvalue weighted by molar-refractivity contribution is 0.0680. The number of alkyl halides is 3. The van der Waals surface area contributed by atoms with Crippen molar-refractivity contribution in [3.63, 3.8) is 0 Å². The van der Waals surface area contributed by atoms with Gasteiger partial charge >= 0.3 is 5.97 Å². The molecule has 7 heteroatoms. The molecule has 0 aliphatic heterocycles. The highest BCUT2D eigenvalue weighted by molar-refractivity contribution is 9.08. The Morgan fingerprint density at radius 2 is 2.20 bits per heavy atom. The second-order valence-electron chi connectivity index (χ2n) is 2.67. The predicted octanol–water partition coefficient (Wildman–Crippen LogP) is 1.91. The molecular weight excluding hydrogens is 276 g/mol. The number of carboxylic acid groups (broad SMARTS) is 1. The Kier molecular flexibility index (Phi) is 3.57. The lowest BCUT2D eigenvalue weighted by atomic mass is 10.1. The molecule has 0 aromatic carbocycles. The van der Waals surface area contributed by atoms with Crippen molar-refractivity contribution in [2.45, 2.75) is 11.8 Å². The second-order valence-corrected chi connectivity index (χ2v) is 3.23. The number of halogens is 3. The van der Waals surface area contributed by atoms with Crippen molar-refractivity contribution in [2.24, 2.45) is 0 Å². The number of rotatable bonds is 3. The van der Waals surface area contributed by atoms with Crippen LogP contribution in [0.4, 0.5) is 8.78 Å². The van der Waals surface area contributed by atoms with Crippen LogP contribution in [0.25, 0.3) is 0 Å². The quantitative estimate of drug-likeness (QED) is 0.832. The van der Waals surface area contributed by atoms with Crippen LogP contribution in [0.2, 0.25) is 0 Å². The van der Waals surface area contributed by atoms with E-state index in [0.717, 1.165) is 6.20 Å². The van der Waals surface area contributed by atoms with E-state index < -0.39 is 29.1 Å². The molecule has 0 saturated heterocycles. The number of carbonyl (C=O) groups is 1. The van der Waals surface area contributed by atoms with Gasteiger partial charge in [-0.05, 0) is 0 Å². The normalized spacial score (nSPS) is 10.7. The highest BCUT2D eigenvalue weighted by Gasteiger charge is 2.23. The van der Waals surface area contributed by atoms with Gasteiger partial charge in [0.15, 0.2) is 0 Å². The summed E-state index contributed by atoms with van der Waals surface area (Å²) in [6.07, 6.45) is -1.95. The van der Waals surface area contributed by atoms with E-state index in [1.807, 2.05) is 0 Å². The maximum absolute atomic E-state index is 12.4. The Balaban J connectivity index is 3.52. The average molecular weight is 282 g/mol. The monoisotopic (exact) mass is 281 g/mol. The molecule has 0 saturated carbocycles. The van der Waals surface area contributed by atoms with Crippen LogP contribution in [0.1, 0.15) is 28.0 Å². The third-order valence-corrected chi connectivity index (χ3v) is 2.37. The first-order valence-electron chi connectivity index (χ1n) is 3.81. The van der Waals surface area contributed by atoms with Crippen molar-refractivity contribution in [3.8, 4) is 0 Å². The molecular formula is C8H6BrF2NO3. The minimum Gasteiger partial charge on any atom is -0.477 e. The van der Waals surface area contributed by atoms with E-state index in [9.17, 15) is 18.4 Å². The molecule has 4 nitrogen and oxygen atoms in total. The lowest BCUT2D eigenvalue weighted by Crippen LogP contribution is -2.22. The van der Waals surface area contributed by atoms with Crippen LogP contribution in [0, 0.1) is 0 Å². The summed E-state index contributed by atoms with van der Waals surface area (Å²) >= 11 is 2.95. The molecule has 0 radical (unpaired) electrons. The number of hydrogen-bond acceptors (Lipinski definition) is 2. The molecule has 1 aromatic heterocycles. The van der Waals surface area contributed by atoms with Gasteiger partial charge in [-0.1, -0.05) is 15.9 Å².